The number of amides is 2. The van der Waals surface area contributed by atoms with Crippen LogP contribution in [0.1, 0.15) is 13.8 Å². The van der Waals surface area contributed by atoms with Gasteiger partial charge in [-0.3, -0.25) is 9.69 Å². The molecule has 1 atom stereocenters. The van der Waals surface area contributed by atoms with Crippen molar-refractivity contribution in [3.8, 4) is 0 Å². The molecule has 0 saturated heterocycles. The second-order valence-corrected chi connectivity index (χ2v) is 3.20. The average Bonchev–Trinajstić information content (AvgIpc) is 2.03. The van der Waals surface area contributed by atoms with E-state index in [1.807, 2.05) is 0 Å². The van der Waals surface area contributed by atoms with Gasteiger partial charge in [-0.15, -0.1) is 0 Å². The Bertz CT molecular complexity index is 204. The number of nitrogens with zero attached hydrogens (tertiary/aromatic N) is 1. The summed E-state index contributed by atoms with van der Waals surface area (Å²) in [6, 6.07) is -0.623. The van der Waals surface area contributed by atoms with Crippen molar-refractivity contribution in [2.24, 2.45) is 5.92 Å². The summed E-state index contributed by atoms with van der Waals surface area (Å²) in [5.41, 5.74) is 0. The molecule has 76 valence electrons. The van der Waals surface area contributed by atoms with E-state index in [1.54, 1.807) is 13.8 Å². The Balaban J connectivity index is 4.60. The zero-order chi connectivity index (χ0) is 10.6. The van der Waals surface area contributed by atoms with Crippen molar-refractivity contribution in [2.75, 3.05) is 14.1 Å². The lowest BCUT2D eigenvalue weighted by Crippen LogP contribution is -2.49. The van der Waals surface area contributed by atoms with Gasteiger partial charge in [0.05, 0.1) is 0 Å². The van der Waals surface area contributed by atoms with Crippen LogP contribution in [0, 0.1) is 5.92 Å². The van der Waals surface area contributed by atoms with Crippen LogP contribution in [0.25, 0.3) is 0 Å². The molecule has 0 saturated carbocycles. The molecule has 0 rings (SSSR count). The molecule has 0 aromatic heterocycles. The smallest absolute Gasteiger partial charge is 0.407 e. The quantitative estimate of drug-likeness (QED) is 0.672. The topological polar surface area (TPSA) is 69.6 Å². The number of hydrogen-bond acceptors (Lipinski definition) is 2. The van der Waals surface area contributed by atoms with Gasteiger partial charge in [0.25, 0.3) is 0 Å². The van der Waals surface area contributed by atoms with Crippen molar-refractivity contribution in [1.82, 2.24) is 10.2 Å². The fourth-order valence-corrected chi connectivity index (χ4v) is 1.19. The molecule has 0 radical (unpaired) electrons. The van der Waals surface area contributed by atoms with E-state index in [-0.39, 0.29) is 11.8 Å². The SMILES string of the molecule is CNC(=O)C(C(C)C)N(C)C(=O)O. The fraction of sp³-hybridized carbons (Fsp3) is 0.750. The highest BCUT2D eigenvalue weighted by atomic mass is 16.4. The highest BCUT2D eigenvalue weighted by Gasteiger charge is 2.28. The van der Waals surface area contributed by atoms with E-state index in [1.165, 1.54) is 14.1 Å². The third kappa shape index (κ3) is 2.93. The molecule has 0 heterocycles. The molecule has 0 aromatic carbocycles. The Labute approximate surface area is 77.7 Å². The van der Waals surface area contributed by atoms with Crippen LogP contribution >= 0.6 is 0 Å². The molecule has 0 bridgehead atoms. The van der Waals surface area contributed by atoms with Crippen LogP contribution in [0.5, 0.6) is 0 Å². The van der Waals surface area contributed by atoms with Crippen molar-refractivity contribution in [2.45, 2.75) is 19.9 Å². The van der Waals surface area contributed by atoms with Gasteiger partial charge in [-0.25, -0.2) is 4.79 Å². The van der Waals surface area contributed by atoms with E-state index in [4.69, 9.17) is 5.11 Å². The summed E-state index contributed by atoms with van der Waals surface area (Å²) in [5, 5.41) is 11.1. The summed E-state index contributed by atoms with van der Waals surface area (Å²) in [6.45, 7) is 3.61. The lowest BCUT2D eigenvalue weighted by atomic mass is 10.0. The Morgan fingerprint density at radius 2 is 1.85 bits per heavy atom. The monoisotopic (exact) mass is 188 g/mol. The first kappa shape index (κ1) is 11.7. The van der Waals surface area contributed by atoms with E-state index in [0.717, 1.165) is 4.90 Å². The number of likely N-dealkylation sites (N-methyl/N-ethyl adjacent to an activating group) is 2. The second kappa shape index (κ2) is 4.69. The first-order valence-electron chi connectivity index (χ1n) is 4.09. The van der Waals surface area contributed by atoms with Gasteiger partial charge in [0, 0.05) is 14.1 Å². The fourth-order valence-electron chi connectivity index (χ4n) is 1.19. The molecule has 2 N–H and O–H groups in total. The van der Waals surface area contributed by atoms with Crippen LogP contribution in [-0.2, 0) is 4.79 Å². The van der Waals surface area contributed by atoms with Crippen molar-refractivity contribution < 1.29 is 14.7 Å². The standard InChI is InChI=1S/C8H16N2O3/c1-5(2)6(7(11)9-3)10(4)8(12)13/h5-6H,1-4H3,(H,9,11)(H,12,13). The van der Waals surface area contributed by atoms with Crippen LogP contribution in [-0.4, -0.2) is 42.1 Å². The Morgan fingerprint density at radius 3 is 2.08 bits per heavy atom. The van der Waals surface area contributed by atoms with Crippen molar-refractivity contribution in [3.05, 3.63) is 0 Å². The van der Waals surface area contributed by atoms with Gasteiger partial charge in [0.2, 0.25) is 5.91 Å². The number of carboxylic acid groups (broad SMARTS) is 1. The third-order valence-electron chi connectivity index (χ3n) is 1.87. The summed E-state index contributed by atoms with van der Waals surface area (Å²) in [7, 11) is 2.88. The number of carbonyl (C=O) groups excluding carboxylic acids is 1. The van der Waals surface area contributed by atoms with E-state index >= 15 is 0 Å². The van der Waals surface area contributed by atoms with Crippen molar-refractivity contribution >= 4 is 12.0 Å². The van der Waals surface area contributed by atoms with E-state index in [9.17, 15) is 9.59 Å². The van der Waals surface area contributed by atoms with Gasteiger partial charge < -0.3 is 10.4 Å². The third-order valence-corrected chi connectivity index (χ3v) is 1.87. The summed E-state index contributed by atoms with van der Waals surface area (Å²) < 4.78 is 0. The van der Waals surface area contributed by atoms with Gasteiger partial charge in [0.15, 0.2) is 0 Å². The van der Waals surface area contributed by atoms with Crippen LogP contribution in [0.2, 0.25) is 0 Å². The average molecular weight is 188 g/mol. The Hall–Kier alpha value is -1.26. The van der Waals surface area contributed by atoms with Crippen LogP contribution in [0.4, 0.5) is 4.79 Å². The second-order valence-electron chi connectivity index (χ2n) is 3.20. The normalized spacial score (nSPS) is 12.4. The lowest BCUT2D eigenvalue weighted by Gasteiger charge is -2.27. The number of nitrogens with one attached hydrogen (secondary N) is 1. The van der Waals surface area contributed by atoms with Crippen LogP contribution in [0.15, 0.2) is 0 Å². The zero-order valence-corrected chi connectivity index (χ0v) is 8.37. The van der Waals surface area contributed by atoms with E-state index in [0.29, 0.717) is 0 Å². The zero-order valence-electron chi connectivity index (χ0n) is 8.37. The minimum absolute atomic E-state index is 0.0407. The molecule has 0 aliphatic carbocycles. The van der Waals surface area contributed by atoms with Crippen LogP contribution < -0.4 is 5.32 Å². The first-order chi connectivity index (χ1) is 5.91. The summed E-state index contributed by atoms with van der Waals surface area (Å²) in [4.78, 5) is 22.9. The van der Waals surface area contributed by atoms with Crippen molar-refractivity contribution in [1.29, 1.82) is 0 Å². The minimum atomic E-state index is -1.10. The Morgan fingerprint density at radius 1 is 1.38 bits per heavy atom. The lowest BCUT2D eigenvalue weighted by molar-refractivity contribution is -0.126. The number of hydrogen-bond donors (Lipinski definition) is 2. The Kier molecular flexibility index (Phi) is 4.23. The largest absolute Gasteiger partial charge is 0.465 e. The maximum absolute atomic E-state index is 11.3. The van der Waals surface area contributed by atoms with E-state index in [2.05, 4.69) is 5.32 Å². The summed E-state index contributed by atoms with van der Waals surface area (Å²) >= 11 is 0. The maximum atomic E-state index is 11.3. The molecule has 0 aromatic rings. The maximum Gasteiger partial charge on any atom is 0.407 e. The predicted octanol–water partition coefficient (Wildman–Crippen LogP) is 0.367. The summed E-state index contributed by atoms with van der Waals surface area (Å²) in [5.74, 6) is -0.319. The van der Waals surface area contributed by atoms with Gasteiger partial charge >= 0.3 is 6.09 Å². The number of carbonyl (C=O) groups is 2. The van der Waals surface area contributed by atoms with Gasteiger partial charge in [-0.05, 0) is 5.92 Å². The molecule has 5 nitrogen and oxygen atoms in total. The predicted molar refractivity (Wildman–Crippen MR) is 48.5 cm³/mol. The molecular weight excluding hydrogens is 172 g/mol. The summed E-state index contributed by atoms with van der Waals surface area (Å²) in [6.07, 6.45) is -1.10. The highest BCUT2D eigenvalue weighted by molar-refractivity contribution is 5.85. The molecule has 0 spiro atoms. The molecule has 2 amide bonds. The number of rotatable bonds is 3. The van der Waals surface area contributed by atoms with Gasteiger partial charge in [0.1, 0.15) is 6.04 Å². The first-order valence-corrected chi connectivity index (χ1v) is 4.09. The van der Waals surface area contributed by atoms with Crippen molar-refractivity contribution in [3.63, 3.8) is 0 Å². The molecular formula is C8H16N2O3. The molecule has 13 heavy (non-hydrogen) atoms. The molecule has 0 aliphatic rings. The van der Waals surface area contributed by atoms with Gasteiger partial charge in [-0.1, -0.05) is 13.8 Å². The molecule has 1 unspecified atom stereocenters. The highest BCUT2D eigenvalue weighted by Crippen LogP contribution is 2.09. The molecule has 0 fully saturated rings. The van der Waals surface area contributed by atoms with Crippen LogP contribution in [0.3, 0.4) is 0 Å². The van der Waals surface area contributed by atoms with E-state index < -0.39 is 12.1 Å². The van der Waals surface area contributed by atoms with Gasteiger partial charge in [-0.2, -0.15) is 0 Å². The molecule has 0 aliphatic heterocycles. The minimum Gasteiger partial charge on any atom is -0.465 e. The molecule has 5 heteroatoms.